The van der Waals surface area contributed by atoms with E-state index in [-0.39, 0.29) is 10.7 Å². The number of nitrogens with zero attached hydrogens (tertiary/aromatic N) is 4. The van der Waals surface area contributed by atoms with Crippen molar-refractivity contribution in [1.29, 1.82) is 0 Å². The Morgan fingerprint density at radius 1 is 1.33 bits per heavy atom. The molecule has 0 aliphatic rings. The number of nitrogens with one attached hydrogen (secondary N) is 1. The fourth-order valence-corrected chi connectivity index (χ4v) is 3.18. The molecule has 0 bridgehead atoms. The lowest BCUT2D eigenvalue weighted by Gasteiger charge is -2.06. The maximum Gasteiger partial charge on any atom is 0.266 e. The van der Waals surface area contributed by atoms with Gasteiger partial charge in [-0.2, -0.15) is 5.10 Å². The summed E-state index contributed by atoms with van der Waals surface area (Å²) in [5, 5.41) is 3.80. The highest BCUT2D eigenvalue weighted by molar-refractivity contribution is 9.11. The van der Waals surface area contributed by atoms with Gasteiger partial charge in [0.2, 0.25) is 0 Å². The molecule has 96 valence electrons. The lowest BCUT2D eigenvalue weighted by Crippen LogP contribution is -2.14. The molecule has 0 aromatic carbocycles. The molecule has 0 saturated carbocycles. The van der Waals surface area contributed by atoms with Crippen LogP contribution in [0.15, 0.2) is 32.7 Å². The second-order valence-corrected chi connectivity index (χ2v) is 6.53. The van der Waals surface area contributed by atoms with Crippen molar-refractivity contribution in [2.24, 2.45) is 7.05 Å². The summed E-state index contributed by atoms with van der Waals surface area (Å²) in [6.07, 6.45) is 4.04. The molecule has 7 nitrogen and oxygen atoms in total. The molecule has 0 spiro atoms. The van der Waals surface area contributed by atoms with Crippen LogP contribution in [0.3, 0.4) is 0 Å². The zero-order valence-corrected chi connectivity index (χ0v) is 13.0. The molecule has 10 heteroatoms. The molecule has 0 atom stereocenters. The van der Waals surface area contributed by atoms with Crippen LogP contribution in [0.4, 0.5) is 5.82 Å². The van der Waals surface area contributed by atoms with E-state index in [1.165, 1.54) is 23.3 Å². The van der Waals surface area contributed by atoms with Crippen LogP contribution in [0.1, 0.15) is 0 Å². The smallest absolute Gasteiger partial charge is 0.266 e. The number of hydrogen-bond acceptors (Lipinski definition) is 5. The third-order valence-electron chi connectivity index (χ3n) is 1.92. The summed E-state index contributed by atoms with van der Waals surface area (Å²) in [7, 11) is -2.08. The van der Waals surface area contributed by atoms with Gasteiger partial charge in [-0.3, -0.25) is 9.40 Å². The number of halogens is 2. The van der Waals surface area contributed by atoms with Crippen LogP contribution in [0, 0.1) is 0 Å². The normalized spacial score (nSPS) is 11.5. The first-order valence-electron chi connectivity index (χ1n) is 4.58. The fourth-order valence-electron chi connectivity index (χ4n) is 1.14. The highest BCUT2D eigenvalue weighted by Gasteiger charge is 2.18. The topological polar surface area (TPSA) is 89.8 Å². The molecular weight excluding hydrogens is 390 g/mol. The van der Waals surface area contributed by atoms with Gasteiger partial charge in [0.05, 0.1) is 12.4 Å². The van der Waals surface area contributed by atoms with Gasteiger partial charge in [-0.1, -0.05) is 0 Å². The van der Waals surface area contributed by atoms with Crippen molar-refractivity contribution in [3.8, 4) is 0 Å². The minimum absolute atomic E-state index is 0.0571. The predicted octanol–water partition coefficient (Wildman–Crippen LogP) is 1.54. The van der Waals surface area contributed by atoms with Crippen molar-refractivity contribution in [2.45, 2.75) is 4.90 Å². The van der Waals surface area contributed by atoms with Crippen molar-refractivity contribution >= 4 is 47.7 Å². The highest BCUT2D eigenvalue weighted by Crippen LogP contribution is 2.22. The van der Waals surface area contributed by atoms with Gasteiger partial charge in [-0.05, 0) is 31.9 Å². The Labute approximate surface area is 120 Å². The average Bonchev–Trinajstić information content (AvgIpc) is 2.70. The number of hydrogen-bond donors (Lipinski definition) is 1. The highest BCUT2D eigenvalue weighted by atomic mass is 79.9. The van der Waals surface area contributed by atoms with Crippen LogP contribution < -0.4 is 4.72 Å². The van der Waals surface area contributed by atoms with Gasteiger partial charge in [0, 0.05) is 13.2 Å². The largest absolute Gasteiger partial charge is 0.274 e. The average molecular weight is 397 g/mol. The first-order chi connectivity index (χ1) is 8.38. The summed E-state index contributed by atoms with van der Waals surface area (Å²) in [5.41, 5.74) is 0. The molecule has 2 aromatic heterocycles. The van der Waals surface area contributed by atoms with E-state index in [1.807, 2.05) is 0 Å². The second kappa shape index (κ2) is 4.94. The third kappa shape index (κ3) is 2.87. The van der Waals surface area contributed by atoms with E-state index in [2.05, 4.69) is 51.6 Å². The van der Waals surface area contributed by atoms with Gasteiger partial charge >= 0.3 is 0 Å². The fraction of sp³-hybridized carbons (Fsp3) is 0.125. The van der Waals surface area contributed by atoms with Gasteiger partial charge in [0.25, 0.3) is 10.0 Å². The molecule has 1 N–H and O–H groups in total. The monoisotopic (exact) mass is 395 g/mol. The Bertz CT molecular complexity index is 685. The summed E-state index contributed by atoms with van der Waals surface area (Å²) in [5.74, 6) is 0.113. The molecular formula is C8H7Br2N5O2S. The van der Waals surface area contributed by atoms with E-state index in [4.69, 9.17) is 0 Å². The van der Waals surface area contributed by atoms with Crippen molar-refractivity contribution in [1.82, 2.24) is 19.7 Å². The van der Waals surface area contributed by atoms with E-state index >= 15 is 0 Å². The third-order valence-corrected chi connectivity index (χ3v) is 4.15. The Hall–Kier alpha value is -1.00. The molecule has 0 amide bonds. The minimum Gasteiger partial charge on any atom is -0.274 e. The molecule has 2 rings (SSSR count). The summed E-state index contributed by atoms with van der Waals surface area (Å²) in [6.45, 7) is 0. The van der Waals surface area contributed by atoms with Gasteiger partial charge in [0.15, 0.2) is 10.4 Å². The van der Waals surface area contributed by atoms with Crippen molar-refractivity contribution in [2.75, 3.05) is 4.72 Å². The van der Waals surface area contributed by atoms with Crippen LogP contribution in [0.25, 0.3) is 0 Å². The lowest BCUT2D eigenvalue weighted by atomic mass is 10.7. The van der Waals surface area contributed by atoms with E-state index in [0.29, 0.717) is 9.21 Å². The number of sulfonamides is 1. The maximum atomic E-state index is 12.0. The first-order valence-corrected chi connectivity index (χ1v) is 7.65. The van der Waals surface area contributed by atoms with Gasteiger partial charge in [-0.25, -0.2) is 18.4 Å². The SMILES string of the molecule is Cn1cc(S(=O)(=O)Nc2ncc(Br)nc2Br)cn1. The van der Waals surface area contributed by atoms with E-state index < -0.39 is 10.0 Å². The van der Waals surface area contributed by atoms with E-state index in [9.17, 15) is 8.42 Å². The molecule has 18 heavy (non-hydrogen) atoms. The maximum absolute atomic E-state index is 12.0. The molecule has 0 aliphatic carbocycles. The van der Waals surface area contributed by atoms with Crippen LogP contribution in [-0.2, 0) is 17.1 Å². The lowest BCUT2D eigenvalue weighted by molar-refractivity contribution is 0.600. The summed E-state index contributed by atoms with van der Waals surface area (Å²) in [4.78, 5) is 7.96. The number of rotatable bonds is 3. The van der Waals surface area contributed by atoms with Crippen molar-refractivity contribution < 1.29 is 8.42 Å². The molecule has 0 aliphatic heterocycles. The first kappa shape index (κ1) is 13.4. The van der Waals surface area contributed by atoms with Crippen LogP contribution in [0.5, 0.6) is 0 Å². The van der Waals surface area contributed by atoms with Crippen LogP contribution in [-0.4, -0.2) is 28.2 Å². The Morgan fingerprint density at radius 3 is 2.61 bits per heavy atom. The number of anilines is 1. The van der Waals surface area contributed by atoms with Gasteiger partial charge in [-0.15, -0.1) is 0 Å². The Kier molecular flexibility index (Phi) is 3.69. The molecule has 0 fully saturated rings. The predicted molar refractivity (Wildman–Crippen MR) is 71.4 cm³/mol. The van der Waals surface area contributed by atoms with Crippen LogP contribution in [0.2, 0.25) is 0 Å². The molecule has 2 heterocycles. The molecule has 0 radical (unpaired) electrons. The van der Waals surface area contributed by atoms with E-state index in [1.54, 1.807) is 7.05 Å². The Morgan fingerprint density at radius 2 is 2.06 bits per heavy atom. The Balaban J connectivity index is 2.33. The standard InChI is InChI=1S/C8H7Br2N5O2S/c1-15-4-5(2-12-15)18(16,17)14-8-7(10)13-6(9)3-11-8/h2-4H,1H3,(H,11,14). The number of aryl methyl sites for hydroxylation is 1. The minimum atomic E-state index is -3.71. The summed E-state index contributed by atoms with van der Waals surface area (Å²) >= 11 is 6.26. The van der Waals surface area contributed by atoms with Crippen molar-refractivity contribution in [3.63, 3.8) is 0 Å². The summed E-state index contributed by atoms with van der Waals surface area (Å²) < 4.78 is 28.5. The molecule has 0 saturated heterocycles. The number of aromatic nitrogens is 4. The van der Waals surface area contributed by atoms with Gasteiger partial charge < -0.3 is 0 Å². The molecule has 2 aromatic rings. The second-order valence-electron chi connectivity index (χ2n) is 3.29. The summed E-state index contributed by atoms with van der Waals surface area (Å²) in [6, 6.07) is 0. The van der Waals surface area contributed by atoms with Gasteiger partial charge in [0.1, 0.15) is 9.50 Å². The quantitative estimate of drug-likeness (QED) is 0.849. The van der Waals surface area contributed by atoms with E-state index in [0.717, 1.165) is 0 Å². The zero-order chi connectivity index (χ0) is 13.3. The van der Waals surface area contributed by atoms with Crippen molar-refractivity contribution in [3.05, 3.63) is 27.8 Å². The van der Waals surface area contributed by atoms with Crippen LogP contribution >= 0.6 is 31.9 Å². The zero-order valence-electron chi connectivity index (χ0n) is 9.00. The molecule has 0 unspecified atom stereocenters.